The van der Waals surface area contributed by atoms with Crippen LogP contribution >= 0.6 is 0 Å². The molecule has 1 aromatic carbocycles. The molecule has 0 fully saturated rings. The molecule has 0 unspecified atom stereocenters. The van der Waals surface area contributed by atoms with E-state index in [2.05, 4.69) is 5.16 Å². The van der Waals surface area contributed by atoms with Crippen LogP contribution in [0.2, 0.25) is 0 Å². The number of aliphatic hydroxyl groups is 1. The topological polar surface area (TPSA) is 55.5 Å². The van der Waals surface area contributed by atoms with Gasteiger partial charge in [-0.2, -0.15) is 0 Å². The Hall–Kier alpha value is -1.88. The van der Waals surface area contributed by atoms with Crippen LogP contribution in [0.1, 0.15) is 30.0 Å². The van der Waals surface area contributed by atoms with Gasteiger partial charge in [0.25, 0.3) is 0 Å². The smallest absolute Gasteiger partial charge is 0.134 e. The van der Waals surface area contributed by atoms with E-state index in [0.717, 1.165) is 0 Å². The first kappa shape index (κ1) is 12.6. The Balaban J connectivity index is 2.15. The van der Waals surface area contributed by atoms with E-state index in [-0.39, 0.29) is 6.61 Å². The number of halogens is 1. The maximum Gasteiger partial charge on any atom is 0.134 e. The molecule has 5 heteroatoms. The van der Waals surface area contributed by atoms with Crippen LogP contribution in [0.15, 0.2) is 28.8 Å². The van der Waals surface area contributed by atoms with Crippen molar-refractivity contribution < 1.29 is 18.8 Å². The van der Waals surface area contributed by atoms with Gasteiger partial charge in [-0.15, -0.1) is 0 Å². The fourth-order valence-corrected chi connectivity index (χ4v) is 1.62. The summed E-state index contributed by atoms with van der Waals surface area (Å²) in [7, 11) is 0. The molecule has 0 bridgehead atoms. The molecule has 1 N–H and O–H groups in total. The Bertz CT molecular complexity index is 537. The van der Waals surface area contributed by atoms with Crippen molar-refractivity contribution in [2.24, 2.45) is 0 Å². The zero-order chi connectivity index (χ0) is 13.1. The highest BCUT2D eigenvalue weighted by Crippen LogP contribution is 2.26. The van der Waals surface area contributed by atoms with Crippen molar-refractivity contribution in [3.8, 4) is 5.75 Å². The van der Waals surface area contributed by atoms with E-state index in [1.54, 1.807) is 19.9 Å². The summed E-state index contributed by atoms with van der Waals surface area (Å²) in [5, 5.41) is 13.3. The van der Waals surface area contributed by atoms with Gasteiger partial charge in [0.05, 0.1) is 6.10 Å². The summed E-state index contributed by atoms with van der Waals surface area (Å²) in [6.07, 6.45) is -0.723. The molecule has 0 saturated carbocycles. The fraction of sp³-hybridized carbons (Fsp3) is 0.308. The molecule has 4 nitrogen and oxygen atoms in total. The third-order valence-electron chi connectivity index (χ3n) is 2.48. The quantitative estimate of drug-likeness (QED) is 0.907. The molecule has 0 aliphatic carbocycles. The van der Waals surface area contributed by atoms with E-state index in [1.807, 2.05) is 0 Å². The predicted octanol–water partition coefficient (Wildman–Crippen LogP) is 2.75. The first-order chi connectivity index (χ1) is 8.56. The van der Waals surface area contributed by atoms with E-state index in [0.29, 0.717) is 22.8 Å². The molecule has 0 aliphatic rings. The predicted molar refractivity (Wildman–Crippen MR) is 62.6 cm³/mol. The van der Waals surface area contributed by atoms with Crippen molar-refractivity contribution in [2.45, 2.75) is 26.6 Å². The lowest BCUT2D eigenvalue weighted by molar-refractivity contribution is 0.189. The number of aromatic nitrogens is 1. The molecule has 2 rings (SSSR count). The normalized spacial score (nSPS) is 12.4. The van der Waals surface area contributed by atoms with Gasteiger partial charge < -0.3 is 14.4 Å². The maximum atomic E-state index is 13.1. The van der Waals surface area contributed by atoms with Gasteiger partial charge in [0.2, 0.25) is 0 Å². The number of hydrogen-bond donors (Lipinski definition) is 1. The second-order valence-corrected chi connectivity index (χ2v) is 4.08. The second-order valence-electron chi connectivity index (χ2n) is 4.08. The number of aliphatic hydroxyl groups excluding tert-OH is 1. The van der Waals surface area contributed by atoms with Crippen LogP contribution < -0.4 is 4.74 Å². The van der Waals surface area contributed by atoms with Crippen LogP contribution in [0.25, 0.3) is 0 Å². The van der Waals surface area contributed by atoms with Gasteiger partial charge in [0, 0.05) is 17.7 Å². The Labute approximate surface area is 104 Å². The van der Waals surface area contributed by atoms with Crippen molar-refractivity contribution >= 4 is 0 Å². The third-order valence-corrected chi connectivity index (χ3v) is 2.48. The van der Waals surface area contributed by atoms with Gasteiger partial charge in [-0.3, -0.25) is 0 Å². The van der Waals surface area contributed by atoms with E-state index >= 15 is 0 Å². The molecule has 96 valence electrons. The van der Waals surface area contributed by atoms with E-state index < -0.39 is 11.9 Å². The number of ether oxygens (including phenoxy) is 1. The molecule has 18 heavy (non-hydrogen) atoms. The molecule has 1 heterocycles. The zero-order valence-electron chi connectivity index (χ0n) is 10.2. The van der Waals surface area contributed by atoms with Gasteiger partial charge in [-0.1, -0.05) is 5.16 Å². The first-order valence-electron chi connectivity index (χ1n) is 5.59. The highest BCUT2D eigenvalue weighted by Gasteiger charge is 2.11. The first-order valence-corrected chi connectivity index (χ1v) is 5.59. The van der Waals surface area contributed by atoms with Crippen LogP contribution in [-0.4, -0.2) is 10.3 Å². The minimum absolute atomic E-state index is 0.167. The standard InChI is InChI=1S/C13H14FNO3/c1-8-5-11(15-18-8)7-17-13-6-10(14)3-4-12(13)9(2)16/h3-6,9,16H,7H2,1-2H3/t9-/m1/s1. The number of hydrogen-bond acceptors (Lipinski definition) is 4. The molecular weight excluding hydrogens is 237 g/mol. The lowest BCUT2D eigenvalue weighted by atomic mass is 10.1. The molecule has 0 saturated heterocycles. The van der Waals surface area contributed by atoms with Gasteiger partial charge in [0.1, 0.15) is 29.6 Å². The second kappa shape index (κ2) is 5.18. The number of rotatable bonds is 4. The monoisotopic (exact) mass is 251 g/mol. The van der Waals surface area contributed by atoms with Crippen LogP contribution in [0.4, 0.5) is 4.39 Å². The minimum Gasteiger partial charge on any atom is -0.487 e. The highest BCUT2D eigenvalue weighted by atomic mass is 19.1. The lowest BCUT2D eigenvalue weighted by Crippen LogP contribution is -2.01. The summed E-state index contributed by atoms with van der Waals surface area (Å²) >= 11 is 0. The molecule has 0 aliphatic heterocycles. The molecular formula is C13H14FNO3. The minimum atomic E-state index is -0.723. The third kappa shape index (κ3) is 2.87. The van der Waals surface area contributed by atoms with Gasteiger partial charge in [-0.05, 0) is 26.0 Å². The largest absolute Gasteiger partial charge is 0.487 e. The molecule has 1 aromatic heterocycles. The Kier molecular flexibility index (Phi) is 3.62. The summed E-state index contributed by atoms with van der Waals surface area (Å²) in [5.74, 6) is 0.583. The molecule has 0 radical (unpaired) electrons. The van der Waals surface area contributed by atoms with Gasteiger partial charge in [-0.25, -0.2) is 4.39 Å². The summed E-state index contributed by atoms with van der Waals surface area (Å²) in [6, 6.07) is 5.77. The van der Waals surface area contributed by atoms with Crippen molar-refractivity contribution in [3.05, 3.63) is 47.1 Å². The average Bonchev–Trinajstić information content (AvgIpc) is 2.72. The molecule has 0 amide bonds. The van der Waals surface area contributed by atoms with Crippen LogP contribution in [0.5, 0.6) is 5.75 Å². The van der Waals surface area contributed by atoms with E-state index in [9.17, 15) is 9.50 Å². The van der Waals surface area contributed by atoms with Crippen molar-refractivity contribution in [2.75, 3.05) is 0 Å². The molecule has 0 spiro atoms. The van der Waals surface area contributed by atoms with E-state index in [1.165, 1.54) is 18.2 Å². The zero-order valence-corrected chi connectivity index (χ0v) is 10.2. The molecule has 2 aromatic rings. The summed E-state index contributed by atoms with van der Waals surface area (Å²) in [5.41, 5.74) is 1.16. The Morgan fingerprint density at radius 2 is 2.22 bits per heavy atom. The molecule has 1 atom stereocenters. The summed E-state index contributed by atoms with van der Waals surface area (Å²) in [6.45, 7) is 3.54. The fourth-order valence-electron chi connectivity index (χ4n) is 1.62. The Morgan fingerprint density at radius 3 is 2.83 bits per heavy atom. The average molecular weight is 251 g/mol. The van der Waals surface area contributed by atoms with Gasteiger partial charge >= 0.3 is 0 Å². The van der Waals surface area contributed by atoms with Gasteiger partial charge in [0.15, 0.2) is 0 Å². The number of nitrogens with zero attached hydrogens (tertiary/aromatic N) is 1. The van der Waals surface area contributed by atoms with Crippen LogP contribution in [0, 0.1) is 12.7 Å². The Morgan fingerprint density at radius 1 is 1.44 bits per heavy atom. The maximum absolute atomic E-state index is 13.1. The summed E-state index contributed by atoms with van der Waals surface area (Å²) in [4.78, 5) is 0. The van der Waals surface area contributed by atoms with Crippen LogP contribution in [0.3, 0.4) is 0 Å². The van der Waals surface area contributed by atoms with E-state index in [4.69, 9.17) is 9.26 Å². The van der Waals surface area contributed by atoms with Crippen molar-refractivity contribution in [1.29, 1.82) is 0 Å². The van der Waals surface area contributed by atoms with Crippen molar-refractivity contribution in [3.63, 3.8) is 0 Å². The highest BCUT2D eigenvalue weighted by molar-refractivity contribution is 5.35. The summed E-state index contributed by atoms with van der Waals surface area (Å²) < 4.78 is 23.5. The van der Waals surface area contributed by atoms with Crippen LogP contribution in [-0.2, 0) is 6.61 Å². The van der Waals surface area contributed by atoms with Crippen molar-refractivity contribution in [1.82, 2.24) is 5.16 Å². The SMILES string of the molecule is Cc1cc(COc2cc(F)ccc2[C@@H](C)O)no1. The number of aryl methyl sites for hydroxylation is 1. The number of benzene rings is 1. The lowest BCUT2D eigenvalue weighted by Gasteiger charge is -2.12.